The average Bonchev–Trinajstić information content (AvgIpc) is 3.66. The summed E-state index contributed by atoms with van der Waals surface area (Å²) >= 11 is 0. The van der Waals surface area contributed by atoms with E-state index in [9.17, 15) is 0 Å². The van der Waals surface area contributed by atoms with Gasteiger partial charge in [-0.2, -0.15) is 5.10 Å². The van der Waals surface area contributed by atoms with Gasteiger partial charge >= 0.3 is 0 Å². The van der Waals surface area contributed by atoms with Crippen LogP contribution in [0.1, 0.15) is 75.1 Å². The molecule has 0 saturated carbocycles. The molecule has 4 aromatic carbocycles. The Hall–Kier alpha value is -5.03. The van der Waals surface area contributed by atoms with E-state index in [1.54, 1.807) is 11.0 Å². The van der Waals surface area contributed by atoms with Gasteiger partial charge in [-0.25, -0.2) is 9.67 Å². The van der Waals surface area contributed by atoms with Gasteiger partial charge in [0.1, 0.15) is 24.2 Å². The molecule has 0 atom stereocenters. The highest BCUT2D eigenvalue weighted by molar-refractivity contribution is 5.86. The fourth-order valence-corrected chi connectivity index (χ4v) is 6.54. The Labute approximate surface area is 265 Å². The van der Waals surface area contributed by atoms with Crippen molar-refractivity contribution in [1.82, 2.24) is 19.7 Å². The van der Waals surface area contributed by atoms with Crippen molar-refractivity contribution in [3.8, 4) is 28.3 Å². The van der Waals surface area contributed by atoms with Crippen LogP contribution in [0.3, 0.4) is 0 Å². The number of aromatic nitrogens is 4. The molecular formula is C40H38N4O. The molecule has 0 N–H and O–H groups in total. The van der Waals surface area contributed by atoms with E-state index < -0.39 is 5.41 Å². The zero-order valence-electron chi connectivity index (χ0n) is 26.7. The van der Waals surface area contributed by atoms with Crippen LogP contribution in [0.4, 0.5) is 0 Å². The molecule has 0 aliphatic heterocycles. The van der Waals surface area contributed by atoms with Crippen molar-refractivity contribution >= 4 is 0 Å². The molecule has 2 aromatic heterocycles. The summed E-state index contributed by atoms with van der Waals surface area (Å²) in [5.41, 5.74) is 9.89. The van der Waals surface area contributed by atoms with E-state index in [1.165, 1.54) is 39.7 Å². The largest absolute Gasteiger partial charge is 0.457 e. The van der Waals surface area contributed by atoms with Crippen molar-refractivity contribution in [1.29, 1.82) is 0 Å². The zero-order chi connectivity index (χ0) is 31.4. The fourth-order valence-electron chi connectivity index (χ4n) is 6.54. The number of ether oxygens (including phenoxy) is 1. The van der Waals surface area contributed by atoms with Gasteiger partial charge < -0.3 is 4.74 Å². The summed E-state index contributed by atoms with van der Waals surface area (Å²) in [6.45, 7) is 13.7. The number of nitrogens with zero attached hydrogens (tertiary/aromatic N) is 4. The predicted molar refractivity (Wildman–Crippen MR) is 180 cm³/mol. The van der Waals surface area contributed by atoms with Crippen LogP contribution in [0.5, 0.6) is 11.5 Å². The SMILES string of the molecule is CC(C)(C)c1ccc2c(c1)C(c1cccc(Oc3cccc(-n4cncn4)c3)c1)(c1ccccn1)c1cc(C(C)(C)C)ccc1-2. The number of hydrogen-bond acceptors (Lipinski definition) is 4. The van der Waals surface area contributed by atoms with Gasteiger partial charge in [0.05, 0.1) is 16.8 Å². The Morgan fingerprint density at radius 2 is 1.29 bits per heavy atom. The van der Waals surface area contributed by atoms with E-state index in [2.05, 4.69) is 118 Å². The molecule has 224 valence electrons. The first kappa shape index (κ1) is 28.7. The lowest BCUT2D eigenvalue weighted by Crippen LogP contribution is -2.30. The van der Waals surface area contributed by atoms with Gasteiger partial charge in [-0.05, 0) is 86.2 Å². The third kappa shape index (κ3) is 4.93. The van der Waals surface area contributed by atoms with E-state index in [-0.39, 0.29) is 10.8 Å². The molecular weight excluding hydrogens is 552 g/mol. The summed E-state index contributed by atoms with van der Waals surface area (Å²) in [4.78, 5) is 9.18. The number of pyridine rings is 1. The first-order valence-electron chi connectivity index (χ1n) is 15.5. The van der Waals surface area contributed by atoms with Crippen molar-refractivity contribution < 1.29 is 4.74 Å². The Balaban J connectivity index is 1.47. The molecule has 0 amide bonds. The van der Waals surface area contributed by atoms with E-state index in [0.717, 1.165) is 28.4 Å². The van der Waals surface area contributed by atoms with Crippen molar-refractivity contribution in [3.05, 3.63) is 155 Å². The van der Waals surface area contributed by atoms with Crippen molar-refractivity contribution in [2.45, 2.75) is 57.8 Å². The van der Waals surface area contributed by atoms with Gasteiger partial charge in [-0.1, -0.05) is 102 Å². The quantitative estimate of drug-likeness (QED) is 0.200. The highest BCUT2D eigenvalue weighted by Gasteiger charge is 2.48. The molecule has 5 heteroatoms. The first-order chi connectivity index (χ1) is 21.5. The second-order valence-electron chi connectivity index (χ2n) is 14.0. The summed E-state index contributed by atoms with van der Waals surface area (Å²) in [5.74, 6) is 1.48. The van der Waals surface area contributed by atoms with E-state index in [0.29, 0.717) is 0 Å². The molecule has 6 aromatic rings. The molecule has 7 rings (SSSR count). The lowest BCUT2D eigenvalue weighted by molar-refractivity contribution is 0.480. The summed E-state index contributed by atoms with van der Waals surface area (Å²) in [6.07, 6.45) is 5.12. The fraction of sp³-hybridized carbons (Fsp3) is 0.225. The van der Waals surface area contributed by atoms with Crippen molar-refractivity contribution in [2.75, 3.05) is 0 Å². The van der Waals surface area contributed by atoms with Gasteiger partial charge in [0.25, 0.3) is 0 Å². The van der Waals surface area contributed by atoms with Gasteiger partial charge in [-0.15, -0.1) is 0 Å². The van der Waals surface area contributed by atoms with Crippen LogP contribution in [-0.2, 0) is 16.2 Å². The molecule has 2 heterocycles. The molecule has 1 aliphatic carbocycles. The first-order valence-corrected chi connectivity index (χ1v) is 15.5. The Kier molecular flexibility index (Phi) is 6.74. The summed E-state index contributed by atoms with van der Waals surface area (Å²) in [5, 5.41) is 4.28. The van der Waals surface area contributed by atoms with Gasteiger partial charge in [0, 0.05) is 12.3 Å². The third-order valence-electron chi connectivity index (χ3n) is 8.92. The maximum absolute atomic E-state index is 6.55. The maximum Gasteiger partial charge on any atom is 0.138 e. The Morgan fingerprint density at radius 1 is 0.644 bits per heavy atom. The lowest BCUT2D eigenvalue weighted by atomic mass is 9.68. The number of rotatable bonds is 5. The van der Waals surface area contributed by atoms with Crippen molar-refractivity contribution in [2.24, 2.45) is 0 Å². The standard InChI is InChI=1S/C40H38N4O/c1-38(2,3)27-16-18-33-34-19-17-28(39(4,5)6)23-36(34)40(35(33)22-27,37-15-7-8-20-42-37)29-11-9-13-31(21-29)45-32-14-10-12-30(24-32)44-26-41-25-43-44/h7-26H,1-6H3. The van der Waals surface area contributed by atoms with Crippen LogP contribution in [0, 0.1) is 0 Å². The van der Waals surface area contributed by atoms with E-state index in [4.69, 9.17) is 9.72 Å². The Morgan fingerprint density at radius 3 is 1.87 bits per heavy atom. The molecule has 0 fully saturated rings. The summed E-state index contributed by atoms with van der Waals surface area (Å²) < 4.78 is 8.28. The minimum absolute atomic E-state index is 0.0176. The number of fused-ring (bicyclic) bond motifs is 3. The van der Waals surface area contributed by atoms with Crippen LogP contribution in [0.15, 0.2) is 122 Å². The molecule has 45 heavy (non-hydrogen) atoms. The monoisotopic (exact) mass is 590 g/mol. The molecule has 0 saturated heterocycles. The molecule has 0 spiro atoms. The average molecular weight is 591 g/mol. The molecule has 0 bridgehead atoms. The number of hydrogen-bond donors (Lipinski definition) is 0. The topological polar surface area (TPSA) is 52.8 Å². The number of benzene rings is 4. The smallest absolute Gasteiger partial charge is 0.138 e. The molecule has 1 aliphatic rings. The second kappa shape index (κ2) is 10.6. The highest BCUT2D eigenvalue weighted by Crippen LogP contribution is 2.57. The van der Waals surface area contributed by atoms with Gasteiger partial charge in [0.2, 0.25) is 0 Å². The molecule has 5 nitrogen and oxygen atoms in total. The van der Waals surface area contributed by atoms with Crippen LogP contribution in [0.25, 0.3) is 16.8 Å². The second-order valence-corrected chi connectivity index (χ2v) is 14.0. The van der Waals surface area contributed by atoms with Crippen LogP contribution < -0.4 is 4.74 Å². The van der Waals surface area contributed by atoms with Gasteiger partial charge in [0.15, 0.2) is 0 Å². The van der Waals surface area contributed by atoms with E-state index in [1.807, 2.05) is 42.6 Å². The minimum Gasteiger partial charge on any atom is -0.457 e. The normalized spacial score (nSPS) is 13.7. The van der Waals surface area contributed by atoms with Gasteiger partial charge in [-0.3, -0.25) is 4.98 Å². The minimum atomic E-state index is -0.642. The zero-order valence-corrected chi connectivity index (χ0v) is 26.7. The predicted octanol–water partition coefficient (Wildman–Crippen LogP) is 9.41. The van der Waals surface area contributed by atoms with Crippen LogP contribution >= 0.6 is 0 Å². The van der Waals surface area contributed by atoms with Crippen LogP contribution in [-0.4, -0.2) is 19.7 Å². The van der Waals surface area contributed by atoms with E-state index >= 15 is 0 Å². The summed E-state index contributed by atoms with van der Waals surface area (Å²) in [7, 11) is 0. The summed E-state index contributed by atoms with van der Waals surface area (Å²) in [6, 6.07) is 36.7. The third-order valence-corrected chi connectivity index (χ3v) is 8.92. The Bertz CT molecular complexity index is 1930. The highest BCUT2D eigenvalue weighted by atomic mass is 16.5. The maximum atomic E-state index is 6.55. The molecule has 0 unspecified atom stereocenters. The molecule has 0 radical (unpaired) electrons. The van der Waals surface area contributed by atoms with Crippen LogP contribution in [0.2, 0.25) is 0 Å². The van der Waals surface area contributed by atoms with Crippen molar-refractivity contribution in [3.63, 3.8) is 0 Å². The lowest BCUT2D eigenvalue weighted by Gasteiger charge is -2.34.